The van der Waals surface area contributed by atoms with E-state index >= 15 is 0 Å². The number of amides is 1. The minimum Gasteiger partial charge on any atom is -0.494 e. The molecule has 1 amide bonds. The van der Waals surface area contributed by atoms with Crippen LogP contribution in [0.5, 0.6) is 5.75 Å². The van der Waals surface area contributed by atoms with Gasteiger partial charge in [-0.1, -0.05) is 59.7 Å². The maximum absolute atomic E-state index is 13.4. The van der Waals surface area contributed by atoms with Crippen LogP contribution in [0.2, 0.25) is 0 Å². The molecule has 0 saturated carbocycles. The third-order valence-electron chi connectivity index (χ3n) is 6.12. The van der Waals surface area contributed by atoms with Crippen molar-refractivity contribution in [2.24, 2.45) is 10.1 Å². The molecule has 37 heavy (non-hydrogen) atoms. The van der Waals surface area contributed by atoms with E-state index in [1.165, 1.54) is 0 Å². The van der Waals surface area contributed by atoms with Crippen LogP contribution in [0.3, 0.4) is 0 Å². The van der Waals surface area contributed by atoms with Crippen LogP contribution in [0.15, 0.2) is 89.0 Å². The van der Waals surface area contributed by atoms with Gasteiger partial charge in [-0.2, -0.15) is 0 Å². The van der Waals surface area contributed by atoms with E-state index in [1.54, 1.807) is 29.7 Å². The molecule has 3 aromatic rings. The average Bonchev–Trinajstić information content (AvgIpc) is 3.33. The SMILES string of the molecule is [N-]=[N+]=NCc1ccccc1C[C@]1(C(=O)NO)N=C(c2ccc(OCCCO)cc2)O[C@H]1c1ccccc1. The Bertz CT molecular complexity index is 1290. The van der Waals surface area contributed by atoms with Crippen LogP contribution in [0.1, 0.15) is 34.8 Å². The lowest BCUT2D eigenvalue weighted by atomic mass is 9.81. The number of carbonyl (C=O) groups excluding carboxylic acids is 1. The Hall–Kier alpha value is -4.37. The number of hydroxylamine groups is 1. The van der Waals surface area contributed by atoms with E-state index < -0.39 is 17.6 Å². The summed E-state index contributed by atoms with van der Waals surface area (Å²) < 4.78 is 11.9. The molecule has 2 atom stereocenters. The Morgan fingerprint density at radius 3 is 2.46 bits per heavy atom. The molecule has 1 heterocycles. The number of aliphatic hydroxyl groups is 1. The van der Waals surface area contributed by atoms with Gasteiger partial charge in [0, 0.05) is 29.9 Å². The van der Waals surface area contributed by atoms with Gasteiger partial charge in [-0.15, -0.1) is 0 Å². The lowest BCUT2D eigenvalue weighted by Crippen LogP contribution is -2.49. The van der Waals surface area contributed by atoms with E-state index in [1.807, 2.05) is 54.6 Å². The molecule has 0 aliphatic carbocycles. The van der Waals surface area contributed by atoms with Gasteiger partial charge in [-0.3, -0.25) is 10.0 Å². The fraction of sp³-hybridized carbons (Fsp3) is 0.259. The van der Waals surface area contributed by atoms with Crippen LogP contribution in [0, 0.1) is 0 Å². The van der Waals surface area contributed by atoms with Gasteiger partial charge < -0.3 is 14.6 Å². The molecule has 0 fully saturated rings. The van der Waals surface area contributed by atoms with Crippen LogP contribution in [-0.4, -0.2) is 40.9 Å². The second-order valence-electron chi connectivity index (χ2n) is 8.48. The molecule has 0 unspecified atom stereocenters. The predicted octanol–water partition coefficient (Wildman–Crippen LogP) is 4.26. The molecule has 1 aliphatic rings. The molecule has 0 saturated heterocycles. The minimum absolute atomic E-state index is 0.0462. The van der Waals surface area contributed by atoms with Crippen molar-refractivity contribution in [2.45, 2.75) is 31.0 Å². The number of hydrogen-bond acceptors (Lipinski definition) is 7. The zero-order valence-corrected chi connectivity index (χ0v) is 20.0. The van der Waals surface area contributed by atoms with Crippen molar-refractivity contribution in [3.05, 3.63) is 112 Å². The highest BCUT2D eigenvalue weighted by atomic mass is 16.5. The van der Waals surface area contributed by atoms with Gasteiger partial charge in [0.1, 0.15) is 5.75 Å². The van der Waals surface area contributed by atoms with Crippen molar-refractivity contribution in [2.75, 3.05) is 13.2 Å². The summed E-state index contributed by atoms with van der Waals surface area (Å²) in [5.74, 6) is 0.146. The number of aliphatic imine (C=N–C) groups is 1. The quantitative estimate of drug-likeness (QED) is 0.0896. The second kappa shape index (κ2) is 12.0. The van der Waals surface area contributed by atoms with Crippen molar-refractivity contribution in [1.82, 2.24) is 5.48 Å². The molecule has 10 nitrogen and oxygen atoms in total. The van der Waals surface area contributed by atoms with Crippen molar-refractivity contribution < 1.29 is 24.6 Å². The molecular formula is C27H27N5O5. The van der Waals surface area contributed by atoms with Gasteiger partial charge in [0.05, 0.1) is 13.2 Å². The minimum atomic E-state index is -1.55. The summed E-state index contributed by atoms with van der Waals surface area (Å²) in [5, 5.41) is 22.4. The molecule has 3 aromatic carbocycles. The molecule has 0 bridgehead atoms. The van der Waals surface area contributed by atoms with E-state index in [9.17, 15) is 10.0 Å². The van der Waals surface area contributed by atoms with E-state index in [4.69, 9.17) is 25.1 Å². The number of rotatable bonds is 11. The summed E-state index contributed by atoms with van der Waals surface area (Å²) in [4.78, 5) is 21.0. The fourth-order valence-electron chi connectivity index (χ4n) is 4.29. The third kappa shape index (κ3) is 5.73. The summed E-state index contributed by atoms with van der Waals surface area (Å²) in [7, 11) is 0. The van der Waals surface area contributed by atoms with E-state index in [0.29, 0.717) is 29.9 Å². The first kappa shape index (κ1) is 25.7. The van der Waals surface area contributed by atoms with Crippen molar-refractivity contribution >= 4 is 11.8 Å². The predicted molar refractivity (Wildman–Crippen MR) is 136 cm³/mol. The monoisotopic (exact) mass is 501 g/mol. The van der Waals surface area contributed by atoms with E-state index in [2.05, 4.69) is 10.0 Å². The Morgan fingerprint density at radius 1 is 1.08 bits per heavy atom. The number of carbonyl (C=O) groups is 1. The maximum atomic E-state index is 13.4. The molecule has 0 aromatic heterocycles. The smallest absolute Gasteiger partial charge is 0.275 e. The van der Waals surface area contributed by atoms with Crippen LogP contribution < -0.4 is 10.2 Å². The van der Waals surface area contributed by atoms with Gasteiger partial charge in [-0.25, -0.2) is 10.5 Å². The molecule has 0 spiro atoms. The Labute approximate surface area is 213 Å². The maximum Gasteiger partial charge on any atom is 0.275 e. The summed E-state index contributed by atoms with van der Waals surface area (Å²) in [5.41, 5.74) is 11.9. The molecule has 10 heteroatoms. The van der Waals surface area contributed by atoms with Crippen molar-refractivity contribution in [1.29, 1.82) is 0 Å². The van der Waals surface area contributed by atoms with E-state index in [0.717, 1.165) is 11.1 Å². The lowest BCUT2D eigenvalue weighted by molar-refractivity contribution is -0.137. The Balaban J connectivity index is 1.77. The Kier molecular flexibility index (Phi) is 8.37. The van der Waals surface area contributed by atoms with Crippen LogP contribution >= 0.6 is 0 Å². The molecule has 4 rings (SSSR count). The van der Waals surface area contributed by atoms with Gasteiger partial charge in [0.2, 0.25) is 5.90 Å². The standard InChI is InChI=1S/C27H27N5O5/c28-32-29-18-22-10-5-4-9-21(22)17-27(26(34)31-35)24(19-7-2-1-3-8-19)37-25(30-27)20-11-13-23(14-12-20)36-16-6-15-33/h1-5,7-14,24,33,35H,6,15-18H2,(H,31,34)/t24-,27-/m0/s1. The fourth-order valence-corrected chi connectivity index (χ4v) is 4.29. The highest BCUT2D eigenvalue weighted by Gasteiger charge is 2.53. The van der Waals surface area contributed by atoms with Crippen molar-refractivity contribution in [3.63, 3.8) is 0 Å². The topological polar surface area (TPSA) is 149 Å². The summed E-state index contributed by atoms with van der Waals surface area (Å²) >= 11 is 0. The molecule has 190 valence electrons. The summed E-state index contributed by atoms with van der Waals surface area (Å²) in [6.07, 6.45) is -0.234. The Morgan fingerprint density at radius 2 is 1.78 bits per heavy atom. The average molecular weight is 502 g/mol. The van der Waals surface area contributed by atoms with Gasteiger partial charge in [-0.05, 0) is 46.5 Å². The molecule has 1 aliphatic heterocycles. The van der Waals surface area contributed by atoms with Gasteiger partial charge in [0.15, 0.2) is 11.6 Å². The first-order valence-corrected chi connectivity index (χ1v) is 11.8. The zero-order chi connectivity index (χ0) is 26.1. The number of benzene rings is 3. The van der Waals surface area contributed by atoms with Crippen LogP contribution in [-0.2, 0) is 22.5 Å². The molecular weight excluding hydrogens is 474 g/mol. The number of aliphatic hydroxyl groups excluding tert-OH is 1. The number of azide groups is 1. The van der Waals surface area contributed by atoms with Crippen LogP contribution in [0.25, 0.3) is 10.4 Å². The first-order chi connectivity index (χ1) is 18.1. The second-order valence-corrected chi connectivity index (χ2v) is 8.48. The number of ether oxygens (including phenoxy) is 2. The third-order valence-corrected chi connectivity index (χ3v) is 6.12. The highest BCUT2D eigenvalue weighted by Crippen LogP contribution is 2.42. The largest absolute Gasteiger partial charge is 0.494 e. The van der Waals surface area contributed by atoms with E-state index in [-0.39, 0.29) is 25.5 Å². The van der Waals surface area contributed by atoms with Gasteiger partial charge in [0.25, 0.3) is 5.91 Å². The lowest BCUT2D eigenvalue weighted by Gasteiger charge is -2.30. The van der Waals surface area contributed by atoms with Gasteiger partial charge >= 0.3 is 0 Å². The van der Waals surface area contributed by atoms with Crippen LogP contribution in [0.4, 0.5) is 0 Å². The normalized spacial score (nSPS) is 18.3. The molecule has 3 N–H and O–H groups in total. The highest BCUT2D eigenvalue weighted by molar-refractivity contribution is 6.01. The summed E-state index contributed by atoms with van der Waals surface area (Å²) in [6, 6.07) is 23.6. The number of hydrogen-bond donors (Lipinski definition) is 3. The zero-order valence-electron chi connectivity index (χ0n) is 20.0. The molecule has 0 radical (unpaired) electrons. The number of nitrogens with zero attached hydrogens (tertiary/aromatic N) is 4. The summed E-state index contributed by atoms with van der Waals surface area (Å²) in [6.45, 7) is 0.539. The van der Waals surface area contributed by atoms with Crippen molar-refractivity contribution in [3.8, 4) is 5.75 Å². The first-order valence-electron chi connectivity index (χ1n) is 11.8. The number of nitrogens with one attached hydrogen (secondary N) is 1.